The van der Waals surface area contributed by atoms with Gasteiger partial charge < -0.3 is 0 Å². The highest BCUT2D eigenvalue weighted by atomic mass is 16.1. The molecule has 0 radical (unpaired) electrons. The Morgan fingerprint density at radius 1 is 1.05 bits per heavy atom. The highest BCUT2D eigenvalue weighted by molar-refractivity contribution is 5.90. The monoisotopic (exact) mass is 273 g/mol. The quantitative estimate of drug-likeness (QED) is 0.834. The Labute approximate surface area is 123 Å². The highest BCUT2D eigenvalue weighted by Crippen LogP contribution is 2.34. The van der Waals surface area contributed by atoms with Gasteiger partial charge in [-0.25, -0.2) is 0 Å². The number of rotatable bonds is 4. The van der Waals surface area contributed by atoms with Crippen molar-refractivity contribution in [1.82, 2.24) is 4.90 Å². The zero-order chi connectivity index (χ0) is 14.8. The van der Waals surface area contributed by atoms with Gasteiger partial charge in [0.15, 0.2) is 5.78 Å². The molecule has 0 amide bonds. The highest BCUT2D eigenvalue weighted by Gasteiger charge is 2.40. The molecule has 1 aliphatic carbocycles. The summed E-state index contributed by atoms with van der Waals surface area (Å²) in [6.07, 6.45) is 6.23. The molecule has 0 atom stereocenters. The molecule has 1 aromatic carbocycles. The smallest absolute Gasteiger partial charge is 0.157 e. The van der Waals surface area contributed by atoms with Crippen molar-refractivity contribution in [2.45, 2.75) is 57.9 Å². The normalized spacial score (nSPS) is 18.2. The molecule has 0 aliphatic heterocycles. The summed E-state index contributed by atoms with van der Waals surface area (Å²) in [6.45, 7) is 4.20. The standard InChI is InChI=1S/C18H27NO/c1-14-10-15(2)12-16(11-14)13-17(20)18(19(3)4)8-6-5-7-9-18/h10-12H,5-9,13H2,1-4H3. The van der Waals surface area contributed by atoms with Crippen LogP contribution >= 0.6 is 0 Å². The van der Waals surface area contributed by atoms with Crippen LogP contribution in [0, 0.1) is 13.8 Å². The lowest BCUT2D eigenvalue weighted by molar-refractivity contribution is -0.131. The van der Waals surface area contributed by atoms with E-state index >= 15 is 0 Å². The van der Waals surface area contributed by atoms with E-state index in [1.807, 2.05) is 0 Å². The van der Waals surface area contributed by atoms with E-state index in [2.05, 4.69) is 51.0 Å². The number of hydrogen-bond acceptors (Lipinski definition) is 2. The van der Waals surface area contributed by atoms with E-state index in [0.717, 1.165) is 12.8 Å². The second-order valence-electron chi connectivity index (χ2n) is 6.58. The lowest BCUT2D eigenvalue weighted by Crippen LogP contribution is -2.53. The molecule has 110 valence electrons. The summed E-state index contributed by atoms with van der Waals surface area (Å²) in [5.74, 6) is 0.396. The fourth-order valence-corrected chi connectivity index (χ4v) is 3.63. The lowest BCUT2D eigenvalue weighted by Gasteiger charge is -2.41. The third kappa shape index (κ3) is 3.12. The summed E-state index contributed by atoms with van der Waals surface area (Å²) in [4.78, 5) is 15.1. The molecule has 1 fully saturated rings. The summed E-state index contributed by atoms with van der Waals surface area (Å²) in [6, 6.07) is 6.46. The summed E-state index contributed by atoms with van der Waals surface area (Å²) >= 11 is 0. The van der Waals surface area contributed by atoms with Crippen LogP contribution in [0.2, 0.25) is 0 Å². The summed E-state index contributed by atoms with van der Waals surface area (Å²) in [7, 11) is 4.12. The van der Waals surface area contributed by atoms with Crippen LogP contribution in [0.15, 0.2) is 18.2 Å². The second-order valence-corrected chi connectivity index (χ2v) is 6.58. The van der Waals surface area contributed by atoms with E-state index in [9.17, 15) is 4.79 Å². The zero-order valence-corrected chi connectivity index (χ0v) is 13.3. The third-order valence-electron chi connectivity index (χ3n) is 4.70. The van der Waals surface area contributed by atoms with Gasteiger partial charge in [0.2, 0.25) is 0 Å². The van der Waals surface area contributed by atoms with Crippen molar-refractivity contribution in [3.63, 3.8) is 0 Å². The Kier molecular flexibility index (Phi) is 4.64. The Morgan fingerprint density at radius 3 is 2.10 bits per heavy atom. The van der Waals surface area contributed by atoms with E-state index in [-0.39, 0.29) is 5.54 Å². The molecule has 0 saturated heterocycles. The SMILES string of the molecule is Cc1cc(C)cc(CC(=O)C2(N(C)C)CCCCC2)c1. The van der Waals surface area contributed by atoms with Gasteiger partial charge in [-0.1, -0.05) is 48.6 Å². The van der Waals surface area contributed by atoms with Gasteiger partial charge >= 0.3 is 0 Å². The van der Waals surface area contributed by atoms with Crippen LogP contribution in [0.3, 0.4) is 0 Å². The largest absolute Gasteiger partial charge is 0.297 e. The van der Waals surface area contributed by atoms with Crippen molar-refractivity contribution in [2.75, 3.05) is 14.1 Å². The molecule has 2 nitrogen and oxygen atoms in total. The van der Waals surface area contributed by atoms with E-state index in [0.29, 0.717) is 12.2 Å². The molecule has 0 unspecified atom stereocenters. The molecule has 0 bridgehead atoms. The predicted octanol–water partition coefficient (Wildman–Crippen LogP) is 3.68. The van der Waals surface area contributed by atoms with Gasteiger partial charge in [-0.05, 0) is 46.3 Å². The first-order valence-electron chi connectivity index (χ1n) is 7.72. The fourth-order valence-electron chi connectivity index (χ4n) is 3.63. The van der Waals surface area contributed by atoms with Crippen LogP contribution in [-0.4, -0.2) is 30.3 Å². The lowest BCUT2D eigenvalue weighted by atomic mass is 9.76. The van der Waals surface area contributed by atoms with Crippen molar-refractivity contribution in [1.29, 1.82) is 0 Å². The van der Waals surface area contributed by atoms with E-state index < -0.39 is 0 Å². The maximum absolute atomic E-state index is 12.9. The molecule has 1 aliphatic rings. The summed E-state index contributed by atoms with van der Waals surface area (Å²) < 4.78 is 0. The Morgan fingerprint density at radius 2 is 1.60 bits per heavy atom. The number of Topliss-reactive ketones (excluding diaryl/α,β-unsaturated/α-hetero) is 1. The third-order valence-corrected chi connectivity index (χ3v) is 4.70. The number of aryl methyl sites for hydroxylation is 2. The van der Waals surface area contributed by atoms with E-state index in [4.69, 9.17) is 0 Å². The number of benzene rings is 1. The van der Waals surface area contributed by atoms with Gasteiger partial charge in [0.05, 0.1) is 5.54 Å². The van der Waals surface area contributed by atoms with E-state index in [1.54, 1.807) is 0 Å². The van der Waals surface area contributed by atoms with Gasteiger partial charge in [0, 0.05) is 6.42 Å². The number of ketones is 1. The van der Waals surface area contributed by atoms with Crippen LogP contribution in [0.25, 0.3) is 0 Å². The van der Waals surface area contributed by atoms with Crippen LogP contribution in [0.5, 0.6) is 0 Å². The molecule has 0 spiro atoms. The maximum atomic E-state index is 12.9. The molecule has 2 heteroatoms. The van der Waals surface area contributed by atoms with Gasteiger partial charge in [-0.3, -0.25) is 9.69 Å². The molecule has 2 rings (SSSR count). The fraction of sp³-hybridized carbons (Fsp3) is 0.611. The van der Waals surface area contributed by atoms with Crippen molar-refractivity contribution in [3.05, 3.63) is 34.9 Å². The average Bonchev–Trinajstić information content (AvgIpc) is 2.38. The first-order valence-corrected chi connectivity index (χ1v) is 7.72. The van der Waals surface area contributed by atoms with Crippen LogP contribution < -0.4 is 0 Å². The molecule has 0 aromatic heterocycles. The van der Waals surface area contributed by atoms with Crippen molar-refractivity contribution < 1.29 is 4.79 Å². The van der Waals surface area contributed by atoms with Crippen LogP contribution in [0.1, 0.15) is 48.8 Å². The Balaban J connectivity index is 2.20. The number of nitrogens with zero attached hydrogens (tertiary/aromatic N) is 1. The van der Waals surface area contributed by atoms with Crippen molar-refractivity contribution >= 4 is 5.78 Å². The minimum atomic E-state index is -0.226. The summed E-state index contributed by atoms with van der Waals surface area (Å²) in [5, 5.41) is 0. The topological polar surface area (TPSA) is 20.3 Å². The zero-order valence-electron chi connectivity index (χ0n) is 13.3. The summed E-state index contributed by atoms with van der Waals surface area (Å²) in [5.41, 5.74) is 3.43. The van der Waals surface area contributed by atoms with E-state index in [1.165, 1.54) is 36.0 Å². The number of likely N-dealkylation sites (N-methyl/N-ethyl adjacent to an activating group) is 1. The molecule has 0 heterocycles. The Hall–Kier alpha value is -1.15. The van der Waals surface area contributed by atoms with Gasteiger partial charge in [0.25, 0.3) is 0 Å². The van der Waals surface area contributed by atoms with Crippen molar-refractivity contribution in [3.8, 4) is 0 Å². The number of carbonyl (C=O) groups is 1. The van der Waals surface area contributed by atoms with Crippen molar-refractivity contribution in [2.24, 2.45) is 0 Å². The minimum absolute atomic E-state index is 0.226. The number of carbonyl (C=O) groups excluding carboxylic acids is 1. The first-order chi connectivity index (χ1) is 9.44. The predicted molar refractivity (Wildman–Crippen MR) is 84.1 cm³/mol. The van der Waals surface area contributed by atoms with Gasteiger partial charge in [-0.2, -0.15) is 0 Å². The van der Waals surface area contributed by atoms with Gasteiger partial charge in [-0.15, -0.1) is 0 Å². The second kappa shape index (κ2) is 6.09. The van der Waals surface area contributed by atoms with Crippen LogP contribution in [-0.2, 0) is 11.2 Å². The first kappa shape index (κ1) is 15.2. The molecule has 20 heavy (non-hydrogen) atoms. The molecule has 0 N–H and O–H groups in total. The Bertz CT molecular complexity index is 464. The van der Waals surface area contributed by atoms with Gasteiger partial charge in [0.1, 0.15) is 0 Å². The molecule has 1 saturated carbocycles. The average molecular weight is 273 g/mol. The minimum Gasteiger partial charge on any atom is -0.297 e. The van der Waals surface area contributed by atoms with Crippen LogP contribution in [0.4, 0.5) is 0 Å². The number of hydrogen-bond donors (Lipinski definition) is 0. The molecular formula is C18H27NO. The molecular weight excluding hydrogens is 246 g/mol. The molecule has 1 aromatic rings. The maximum Gasteiger partial charge on any atom is 0.157 e.